The summed E-state index contributed by atoms with van der Waals surface area (Å²) in [5.41, 5.74) is -0.281. The fourth-order valence-electron chi connectivity index (χ4n) is 2.46. The van der Waals surface area contributed by atoms with Crippen molar-refractivity contribution < 1.29 is 19.0 Å². The summed E-state index contributed by atoms with van der Waals surface area (Å²) >= 11 is 0. The van der Waals surface area contributed by atoms with Crippen LogP contribution in [0.2, 0.25) is 0 Å². The molecular weight excluding hydrogens is 317 g/mol. The molecule has 0 unspecified atom stereocenters. The zero-order valence-electron chi connectivity index (χ0n) is 12.8. The Kier molecular flexibility index (Phi) is 4.57. The van der Waals surface area contributed by atoms with E-state index in [1.807, 2.05) is 0 Å². The van der Waals surface area contributed by atoms with Gasteiger partial charge in [-0.15, -0.1) is 0 Å². The predicted molar refractivity (Wildman–Crippen MR) is 82.3 cm³/mol. The topological polar surface area (TPSA) is 93.5 Å². The number of amides is 1. The number of nitrogens with zero attached hydrogens (tertiary/aromatic N) is 2. The Bertz CT molecular complexity index is 817. The fraction of sp³-hybridized carbons (Fsp3) is 0.312. The van der Waals surface area contributed by atoms with Gasteiger partial charge in [-0.05, 0) is 17.7 Å². The third-order valence-electron chi connectivity index (χ3n) is 3.74. The van der Waals surface area contributed by atoms with Crippen LogP contribution in [0, 0.1) is 5.82 Å². The standard InChI is InChI=1S/C16H16FN3O4/c17-11-3-1-10(2-4-11)9-18-15(22)13-14(21)16(23)20-6-8-24-7-5-12(20)19-13/h1-4,21H,5-9H2,(H,18,22). The number of carbonyl (C=O) groups excluding carboxylic acids is 1. The maximum Gasteiger partial charge on any atom is 0.296 e. The SMILES string of the molecule is O=C(NCc1ccc(F)cc1)c1nc2n(c(=O)c1O)CCOCC2. The number of benzene rings is 1. The normalized spacial score (nSPS) is 13.9. The Hall–Kier alpha value is -2.74. The molecule has 0 radical (unpaired) electrons. The Morgan fingerprint density at radius 2 is 2.08 bits per heavy atom. The van der Waals surface area contributed by atoms with E-state index in [-0.39, 0.29) is 24.6 Å². The molecule has 7 nitrogen and oxygen atoms in total. The lowest BCUT2D eigenvalue weighted by atomic mass is 10.2. The fourth-order valence-corrected chi connectivity index (χ4v) is 2.46. The molecule has 24 heavy (non-hydrogen) atoms. The van der Waals surface area contributed by atoms with Crippen molar-refractivity contribution in [3.05, 3.63) is 57.5 Å². The molecule has 0 fully saturated rings. The van der Waals surface area contributed by atoms with Crippen LogP contribution in [0.4, 0.5) is 4.39 Å². The number of aromatic hydroxyl groups is 1. The second kappa shape index (κ2) is 6.79. The van der Waals surface area contributed by atoms with Gasteiger partial charge in [0, 0.05) is 13.0 Å². The highest BCUT2D eigenvalue weighted by molar-refractivity contribution is 5.94. The van der Waals surface area contributed by atoms with Gasteiger partial charge in [-0.1, -0.05) is 12.1 Å². The van der Waals surface area contributed by atoms with E-state index in [1.165, 1.54) is 28.8 Å². The van der Waals surface area contributed by atoms with Crippen LogP contribution in [0.15, 0.2) is 29.1 Å². The maximum absolute atomic E-state index is 12.9. The van der Waals surface area contributed by atoms with Crippen LogP contribution in [0.3, 0.4) is 0 Å². The Labute approximate surface area is 136 Å². The van der Waals surface area contributed by atoms with Crippen LogP contribution < -0.4 is 10.9 Å². The van der Waals surface area contributed by atoms with E-state index in [0.29, 0.717) is 31.0 Å². The number of carbonyl (C=O) groups is 1. The summed E-state index contributed by atoms with van der Waals surface area (Å²) in [6.45, 7) is 1.16. The van der Waals surface area contributed by atoms with Gasteiger partial charge in [0.15, 0.2) is 5.69 Å². The molecule has 3 rings (SSSR count). The minimum atomic E-state index is -0.683. The highest BCUT2D eigenvalue weighted by Gasteiger charge is 2.22. The van der Waals surface area contributed by atoms with E-state index < -0.39 is 17.2 Å². The van der Waals surface area contributed by atoms with Gasteiger partial charge in [0.25, 0.3) is 11.5 Å². The molecule has 0 spiro atoms. The lowest BCUT2D eigenvalue weighted by Crippen LogP contribution is -2.31. The zero-order chi connectivity index (χ0) is 17.1. The zero-order valence-corrected chi connectivity index (χ0v) is 12.8. The van der Waals surface area contributed by atoms with Gasteiger partial charge >= 0.3 is 0 Å². The molecule has 2 N–H and O–H groups in total. The van der Waals surface area contributed by atoms with Gasteiger partial charge in [0.05, 0.1) is 19.8 Å². The average molecular weight is 333 g/mol. The van der Waals surface area contributed by atoms with Gasteiger partial charge in [-0.3, -0.25) is 14.2 Å². The van der Waals surface area contributed by atoms with Crippen molar-refractivity contribution in [2.75, 3.05) is 13.2 Å². The van der Waals surface area contributed by atoms with Crippen molar-refractivity contribution in [1.82, 2.24) is 14.9 Å². The molecule has 0 aliphatic carbocycles. The summed E-state index contributed by atoms with van der Waals surface area (Å²) in [4.78, 5) is 28.6. The lowest BCUT2D eigenvalue weighted by Gasteiger charge is -2.11. The third-order valence-corrected chi connectivity index (χ3v) is 3.74. The molecule has 1 aromatic carbocycles. The first-order valence-corrected chi connectivity index (χ1v) is 7.49. The number of nitrogens with one attached hydrogen (secondary N) is 1. The third kappa shape index (κ3) is 3.28. The molecular formula is C16H16FN3O4. The molecule has 2 heterocycles. The minimum absolute atomic E-state index is 0.127. The molecule has 0 saturated carbocycles. The number of rotatable bonds is 3. The Balaban J connectivity index is 1.82. The quantitative estimate of drug-likeness (QED) is 0.857. The van der Waals surface area contributed by atoms with Crippen LogP contribution in [0.5, 0.6) is 5.75 Å². The summed E-state index contributed by atoms with van der Waals surface area (Å²) in [7, 11) is 0. The van der Waals surface area contributed by atoms with Crippen LogP contribution in [0.25, 0.3) is 0 Å². The highest BCUT2D eigenvalue weighted by Crippen LogP contribution is 2.12. The van der Waals surface area contributed by atoms with Crippen LogP contribution in [-0.2, 0) is 24.2 Å². The van der Waals surface area contributed by atoms with Crippen molar-refractivity contribution in [3.63, 3.8) is 0 Å². The Morgan fingerprint density at radius 1 is 1.33 bits per heavy atom. The van der Waals surface area contributed by atoms with E-state index in [9.17, 15) is 19.1 Å². The summed E-state index contributed by atoms with van der Waals surface area (Å²) < 4.78 is 19.5. The van der Waals surface area contributed by atoms with Crippen molar-refractivity contribution in [3.8, 4) is 5.75 Å². The second-order valence-electron chi connectivity index (χ2n) is 5.35. The van der Waals surface area contributed by atoms with Crippen molar-refractivity contribution in [1.29, 1.82) is 0 Å². The monoisotopic (exact) mass is 333 g/mol. The van der Waals surface area contributed by atoms with E-state index in [4.69, 9.17) is 4.74 Å². The molecule has 0 saturated heterocycles. The summed E-state index contributed by atoms with van der Waals surface area (Å²) in [6, 6.07) is 5.64. The molecule has 1 aliphatic heterocycles. The van der Waals surface area contributed by atoms with E-state index in [0.717, 1.165) is 0 Å². The average Bonchev–Trinajstić information content (AvgIpc) is 2.83. The van der Waals surface area contributed by atoms with Gasteiger partial charge in [-0.25, -0.2) is 9.37 Å². The largest absolute Gasteiger partial charge is 0.501 e. The van der Waals surface area contributed by atoms with E-state index in [2.05, 4.69) is 10.3 Å². The van der Waals surface area contributed by atoms with Crippen molar-refractivity contribution in [2.24, 2.45) is 0 Å². The minimum Gasteiger partial charge on any atom is -0.501 e. The molecule has 0 atom stereocenters. The molecule has 1 aromatic heterocycles. The van der Waals surface area contributed by atoms with Crippen molar-refractivity contribution in [2.45, 2.75) is 19.5 Å². The lowest BCUT2D eigenvalue weighted by molar-refractivity contribution is 0.0941. The highest BCUT2D eigenvalue weighted by atomic mass is 19.1. The molecule has 1 amide bonds. The summed E-state index contributed by atoms with van der Waals surface area (Å²) in [6.07, 6.45) is 0.383. The van der Waals surface area contributed by atoms with Gasteiger partial charge in [0.1, 0.15) is 11.6 Å². The summed E-state index contributed by atoms with van der Waals surface area (Å²) in [5, 5.41) is 12.6. The molecule has 2 aromatic rings. The summed E-state index contributed by atoms with van der Waals surface area (Å²) in [5.74, 6) is -1.31. The number of hydrogen-bond donors (Lipinski definition) is 2. The van der Waals surface area contributed by atoms with Crippen molar-refractivity contribution >= 4 is 5.91 Å². The number of halogens is 1. The Morgan fingerprint density at radius 3 is 2.83 bits per heavy atom. The first-order valence-electron chi connectivity index (χ1n) is 7.49. The molecule has 1 aliphatic rings. The molecule has 8 heteroatoms. The smallest absolute Gasteiger partial charge is 0.296 e. The van der Waals surface area contributed by atoms with Gasteiger partial charge in [0.2, 0.25) is 5.75 Å². The number of ether oxygens (including phenoxy) is 1. The predicted octanol–water partition coefficient (Wildman–Crippen LogP) is 0.591. The van der Waals surface area contributed by atoms with Gasteiger partial charge in [-0.2, -0.15) is 0 Å². The van der Waals surface area contributed by atoms with E-state index in [1.54, 1.807) is 0 Å². The molecule has 126 valence electrons. The van der Waals surface area contributed by atoms with Crippen LogP contribution in [0.1, 0.15) is 21.9 Å². The number of aromatic nitrogens is 2. The molecule has 0 bridgehead atoms. The van der Waals surface area contributed by atoms with Crippen LogP contribution >= 0.6 is 0 Å². The number of hydrogen-bond acceptors (Lipinski definition) is 5. The van der Waals surface area contributed by atoms with Gasteiger partial charge < -0.3 is 15.2 Å². The van der Waals surface area contributed by atoms with E-state index >= 15 is 0 Å². The number of fused-ring (bicyclic) bond motifs is 1. The second-order valence-corrected chi connectivity index (χ2v) is 5.35. The first kappa shape index (κ1) is 16.1. The van der Waals surface area contributed by atoms with Crippen LogP contribution in [-0.4, -0.2) is 33.8 Å². The maximum atomic E-state index is 12.9. The first-order chi connectivity index (χ1) is 11.6.